The van der Waals surface area contributed by atoms with Crippen molar-refractivity contribution in [2.24, 2.45) is 0 Å². The molecule has 0 atom stereocenters. The van der Waals surface area contributed by atoms with E-state index in [0.29, 0.717) is 22.3 Å². The molecule has 0 unspecified atom stereocenters. The van der Waals surface area contributed by atoms with Crippen LogP contribution in [0, 0.1) is 0 Å². The number of carbonyl (C=O) groups is 2. The third kappa shape index (κ3) is 7.52. The van der Waals surface area contributed by atoms with Crippen LogP contribution in [0.25, 0.3) is 0 Å². The first-order valence-electron chi connectivity index (χ1n) is 6.11. The summed E-state index contributed by atoms with van der Waals surface area (Å²) >= 11 is 11.6. The van der Waals surface area contributed by atoms with E-state index in [-0.39, 0.29) is 31.4 Å². The van der Waals surface area contributed by atoms with Gasteiger partial charge in [-0.25, -0.2) is 0 Å². The van der Waals surface area contributed by atoms with Crippen molar-refractivity contribution >= 4 is 53.2 Å². The first-order chi connectivity index (χ1) is 9.42. The van der Waals surface area contributed by atoms with Crippen LogP contribution in [0.15, 0.2) is 18.2 Å². The number of aliphatic carboxylic acids is 1. The Hall–Kier alpha value is -1.01. The molecule has 0 spiro atoms. The largest absolute Gasteiger partial charge is 0.480 e. The Morgan fingerprint density at radius 1 is 1.24 bits per heavy atom. The first kappa shape index (κ1) is 20.0. The van der Waals surface area contributed by atoms with Crippen molar-refractivity contribution < 1.29 is 14.7 Å². The van der Waals surface area contributed by atoms with Crippen molar-refractivity contribution in [3.05, 3.63) is 28.2 Å². The van der Waals surface area contributed by atoms with E-state index in [1.807, 2.05) is 6.92 Å². The van der Waals surface area contributed by atoms with Gasteiger partial charge in [-0.3, -0.25) is 14.5 Å². The molecule has 21 heavy (non-hydrogen) atoms. The Balaban J connectivity index is 0.00000400. The summed E-state index contributed by atoms with van der Waals surface area (Å²) in [6, 6.07) is 4.76. The number of anilines is 1. The van der Waals surface area contributed by atoms with Gasteiger partial charge >= 0.3 is 5.97 Å². The van der Waals surface area contributed by atoms with Gasteiger partial charge in [-0.05, 0) is 31.2 Å². The predicted octanol–water partition coefficient (Wildman–Crippen LogP) is 3.15. The van der Waals surface area contributed by atoms with Crippen molar-refractivity contribution in [3.8, 4) is 0 Å². The normalized spacial score (nSPS) is 10.1. The van der Waals surface area contributed by atoms with Gasteiger partial charge in [0.2, 0.25) is 5.91 Å². The van der Waals surface area contributed by atoms with E-state index in [1.165, 1.54) is 0 Å². The van der Waals surface area contributed by atoms with E-state index in [4.69, 9.17) is 28.3 Å². The number of benzene rings is 1. The molecule has 0 aromatic heterocycles. The second kappa shape index (κ2) is 9.84. The molecule has 0 saturated heterocycles. The standard InChI is InChI=1S/C13H16Cl2N2O3.ClH/c1-2-5-17(8-13(19)20)7-12(18)16-9-3-4-10(14)11(15)6-9;/h3-4,6H,2,5,7-8H2,1H3,(H,16,18)(H,19,20);1H. The molecule has 0 radical (unpaired) electrons. The van der Waals surface area contributed by atoms with E-state index in [9.17, 15) is 9.59 Å². The fourth-order valence-electron chi connectivity index (χ4n) is 1.70. The summed E-state index contributed by atoms with van der Waals surface area (Å²) in [5, 5.41) is 12.2. The van der Waals surface area contributed by atoms with E-state index in [2.05, 4.69) is 5.32 Å². The highest BCUT2D eigenvalue weighted by molar-refractivity contribution is 6.42. The van der Waals surface area contributed by atoms with Gasteiger partial charge in [-0.2, -0.15) is 0 Å². The molecule has 5 nitrogen and oxygen atoms in total. The molecule has 0 aliphatic carbocycles. The zero-order chi connectivity index (χ0) is 15.1. The monoisotopic (exact) mass is 354 g/mol. The van der Waals surface area contributed by atoms with Crippen LogP contribution < -0.4 is 5.32 Å². The van der Waals surface area contributed by atoms with E-state index >= 15 is 0 Å². The lowest BCUT2D eigenvalue weighted by Crippen LogP contribution is -2.37. The lowest BCUT2D eigenvalue weighted by Gasteiger charge is -2.18. The van der Waals surface area contributed by atoms with E-state index in [1.54, 1.807) is 23.1 Å². The van der Waals surface area contributed by atoms with Crippen LogP contribution in [0.5, 0.6) is 0 Å². The molecule has 0 fully saturated rings. The van der Waals surface area contributed by atoms with Gasteiger partial charge in [0.05, 0.1) is 23.1 Å². The molecular formula is C13H17Cl3N2O3. The molecule has 1 aromatic rings. The Labute approximate surface area is 139 Å². The van der Waals surface area contributed by atoms with Gasteiger partial charge in [0.15, 0.2) is 0 Å². The number of carboxylic acid groups (broad SMARTS) is 1. The maximum absolute atomic E-state index is 11.9. The second-order valence-electron chi connectivity index (χ2n) is 4.28. The number of hydrogen-bond acceptors (Lipinski definition) is 3. The van der Waals surface area contributed by atoms with Crippen molar-refractivity contribution in [1.82, 2.24) is 4.90 Å². The summed E-state index contributed by atoms with van der Waals surface area (Å²) in [6.45, 7) is 2.32. The minimum atomic E-state index is -0.958. The molecule has 1 aromatic carbocycles. The number of carboxylic acids is 1. The molecule has 0 heterocycles. The topological polar surface area (TPSA) is 69.6 Å². The minimum Gasteiger partial charge on any atom is -0.480 e. The summed E-state index contributed by atoms with van der Waals surface area (Å²) in [6.07, 6.45) is 0.771. The van der Waals surface area contributed by atoms with Crippen molar-refractivity contribution in [1.29, 1.82) is 0 Å². The maximum Gasteiger partial charge on any atom is 0.317 e. The zero-order valence-corrected chi connectivity index (χ0v) is 13.8. The van der Waals surface area contributed by atoms with Crippen molar-refractivity contribution in [2.75, 3.05) is 25.0 Å². The highest BCUT2D eigenvalue weighted by atomic mass is 35.5. The number of nitrogens with zero attached hydrogens (tertiary/aromatic N) is 1. The van der Waals surface area contributed by atoms with E-state index in [0.717, 1.165) is 6.42 Å². The van der Waals surface area contributed by atoms with Crippen LogP contribution in [0.3, 0.4) is 0 Å². The maximum atomic E-state index is 11.9. The number of rotatable bonds is 7. The predicted molar refractivity (Wildman–Crippen MR) is 86.7 cm³/mol. The summed E-state index contributed by atoms with van der Waals surface area (Å²) in [5.41, 5.74) is 0.524. The number of amides is 1. The summed E-state index contributed by atoms with van der Waals surface area (Å²) in [7, 11) is 0. The zero-order valence-electron chi connectivity index (χ0n) is 11.4. The molecule has 0 aliphatic rings. The highest BCUT2D eigenvalue weighted by Gasteiger charge is 2.13. The van der Waals surface area contributed by atoms with Crippen LogP contribution in [0.1, 0.15) is 13.3 Å². The number of halogens is 3. The molecule has 0 bridgehead atoms. The Morgan fingerprint density at radius 3 is 2.43 bits per heavy atom. The quantitative estimate of drug-likeness (QED) is 0.788. The number of hydrogen-bond donors (Lipinski definition) is 2. The average Bonchev–Trinajstić information content (AvgIpc) is 2.33. The molecule has 0 saturated carbocycles. The smallest absolute Gasteiger partial charge is 0.317 e. The molecular weight excluding hydrogens is 339 g/mol. The Kier molecular flexibility index (Phi) is 9.37. The molecule has 1 amide bonds. The Bertz CT molecular complexity index is 498. The third-order valence-corrected chi connectivity index (χ3v) is 3.21. The SMILES string of the molecule is CCCN(CC(=O)O)CC(=O)Nc1ccc(Cl)c(Cl)c1.Cl. The van der Waals surface area contributed by atoms with Gasteiger partial charge in [-0.15, -0.1) is 12.4 Å². The number of nitrogens with one attached hydrogen (secondary N) is 1. The third-order valence-electron chi connectivity index (χ3n) is 2.47. The fourth-order valence-corrected chi connectivity index (χ4v) is 2.00. The fraction of sp³-hybridized carbons (Fsp3) is 0.385. The van der Waals surface area contributed by atoms with Crippen LogP contribution in [0.4, 0.5) is 5.69 Å². The van der Waals surface area contributed by atoms with Crippen LogP contribution in [0.2, 0.25) is 10.0 Å². The highest BCUT2D eigenvalue weighted by Crippen LogP contribution is 2.24. The summed E-state index contributed by atoms with van der Waals surface area (Å²) in [4.78, 5) is 24.1. The van der Waals surface area contributed by atoms with Gasteiger partial charge in [0.25, 0.3) is 0 Å². The second-order valence-corrected chi connectivity index (χ2v) is 5.10. The van der Waals surface area contributed by atoms with Gasteiger partial charge in [-0.1, -0.05) is 30.1 Å². The lowest BCUT2D eigenvalue weighted by molar-refractivity contribution is -0.138. The number of carbonyl (C=O) groups excluding carboxylic acids is 1. The molecule has 2 N–H and O–H groups in total. The van der Waals surface area contributed by atoms with Crippen LogP contribution in [-0.4, -0.2) is 41.5 Å². The molecule has 1 rings (SSSR count). The molecule has 118 valence electrons. The van der Waals surface area contributed by atoms with Gasteiger partial charge in [0.1, 0.15) is 0 Å². The summed E-state index contributed by atoms with van der Waals surface area (Å²) in [5.74, 6) is -1.25. The van der Waals surface area contributed by atoms with Gasteiger partial charge in [0, 0.05) is 5.69 Å². The lowest BCUT2D eigenvalue weighted by atomic mass is 10.3. The van der Waals surface area contributed by atoms with Gasteiger partial charge < -0.3 is 10.4 Å². The Morgan fingerprint density at radius 2 is 1.90 bits per heavy atom. The van der Waals surface area contributed by atoms with Crippen LogP contribution >= 0.6 is 35.6 Å². The minimum absolute atomic E-state index is 0. The first-order valence-corrected chi connectivity index (χ1v) is 6.87. The molecule has 8 heteroatoms. The van der Waals surface area contributed by atoms with Crippen molar-refractivity contribution in [2.45, 2.75) is 13.3 Å². The van der Waals surface area contributed by atoms with Crippen LogP contribution in [-0.2, 0) is 9.59 Å². The molecule has 0 aliphatic heterocycles. The average molecular weight is 356 g/mol. The van der Waals surface area contributed by atoms with E-state index < -0.39 is 5.97 Å². The summed E-state index contributed by atoms with van der Waals surface area (Å²) < 4.78 is 0. The van der Waals surface area contributed by atoms with Crippen molar-refractivity contribution in [3.63, 3.8) is 0 Å².